The molecule has 0 amide bonds. The Hall–Kier alpha value is -1.58. The quantitative estimate of drug-likeness (QED) is 0.564. The minimum absolute atomic E-state index is 0.0731. The van der Waals surface area contributed by atoms with Gasteiger partial charge in [-0.1, -0.05) is 24.3 Å². The molecule has 4 heteroatoms. The fourth-order valence-corrected chi connectivity index (χ4v) is 5.42. The zero-order valence-corrected chi connectivity index (χ0v) is 11.6. The first-order chi connectivity index (χ1) is 9.69. The Morgan fingerprint density at radius 3 is 1.25 bits per heavy atom. The predicted octanol–water partition coefficient (Wildman–Crippen LogP) is 1.43. The molecule has 0 aromatic carbocycles. The standard InChI is InChI=1S/C16H18O4/c1-19-15(17)13-7-3-5-9-11(7)12-8(13)4-6-10(12)14(9)16(18)20-2/h3-14H,1-2H3. The molecule has 4 nitrogen and oxygen atoms in total. The van der Waals surface area contributed by atoms with Gasteiger partial charge in [-0.15, -0.1) is 0 Å². The first-order valence-corrected chi connectivity index (χ1v) is 7.21. The molecular weight excluding hydrogens is 256 g/mol. The predicted molar refractivity (Wildman–Crippen MR) is 70.2 cm³/mol. The average molecular weight is 274 g/mol. The number of hydrogen-bond donors (Lipinski definition) is 0. The van der Waals surface area contributed by atoms with Gasteiger partial charge in [0.1, 0.15) is 0 Å². The van der Waals surface area contributed by atoms with Crippen LogP contribution in [-0.4, -0.2) is 26.2 Å². The number of allylic oxidation sites excluding steroid dienone is 4. The van der Waals surface area contributed by atoms with E-state index in [1.165, 1.54) is 14.2 Å². The Morgan fingerprint density at radius 1 is 0.700 bits per heavy atom. The largest absolute Gasteiger partial charge is 0.469 e. The highest BCUT2D eigenvalue weighted by Crippen LogP contribution is 2.67. The number of methoxy groups -OCH3 is 2. The Balaban J connectivity index is 1.74. The molecule has 0 saturated heterocycles. The zero-order chi connectivity index (χ0) is 14.0. The molecule has 0 aliphatic heterocycles. The third-order valence-electron chi connectivity index (χ3n) is 5.94. The summed E-state index contributed by atoms with van der Waals surface area (Å²) in [5.41, 5.74) is 0. The van der Waals surface area contributed by atoms with Gasteiger partial charge in [0.2, 0.25) is 0 Å². The molecule has 4 rings (SSSR count). The SMILES string of the molecule is COC(=O)C1C2C=CC3C(C(=O)OC)C4C=CC1C4C23. The highest BCUT2D eigenvalue weighted by atomic mass is 16.5. The van der Waals surface area contributed by atoms with Crippen molar-refractivity contribution < 1.29 is 19.1 Å². The monoisotopic (exact) mass is 274 g/mol. The topological polar surface area (TPSA) is 52.6 Å². The summed E-state index contributed by atoms with van der Waals surface area (Å²) in [7, 11) is 2.92. The second kappa shape index (κ2) is 3.96. The van der Waals surface area contributed by atoms with E-state index in [2.05, 4.69) is 24.3 Å². The van der Waals surface area contributed by atoms with Crippen LogP contribution in [0.3, 0.4) is 0 Å². The summed E-state index contributed by atoms with van der Waals surface area (Å²) in [6, 6.07) is 0. The molecule has 4 unspecified atom stereocenters. The minimum Gasteiger partial charge on any atom is -0.469 e. The summed E-state index contributed by atoms with van der Waals surface area (Å²) >= 11 is 0. The van der Waals surface area contributed by atoms with E-state index in [1.807, 2.05) is 0 Å². The molecule has 2 fully saturated rings. The fraction of sp³-hybridized carbons (Fsp3) is 0.625. The lowest BCUT2D eigenvalue weighted by Gasteiger charge is -2.21. The van der Waals surface area contributed by atoms with E-state index in [0.29, 0.717) is 11.8 Å². The van der Waals surface area contributed by atoms with Gasteiger partial charge < -0.3 is 9.47 Å². The lowest BCUT2D eigenvalue weighted by Crippen LogP contribution is -2.29. The lowest BCUT2D eigenvalue weighted by atomic mass is 9.83. The van der Waals surface area contributed by atoms with Gasteiger partial charge in [-0.3, -0.25) is 9.59 Å². The minimum atomic E-state index is -0.111. The molecule has 4 aliphatic rings. The number of ether oxygens (including phenoxy) is 2. The highest BCUT2D eigenvalue weighted by molar-refractivity contribution is 5.78. The normalized spacial score (nSPS) is 49.5. The molecule has 20 heavy (non-hydrogen) atoms. The summed E-state index contributed by atoms with van der Waals surface area (Å²) in [5, 5.41) is 0. The van der Waals surface area contributed by atoms with Crippen LogP contribution < -0.4 is 0 Å². The van der Waals surface area contributed by atoms with Gasteiger partial charge in [-0.2, -0.15) is 0 Å². The van der Waals surface area contributed by atoms with Gasteiger partial charge in [0.05, 0.1) is 26.1 Å². The van der Waals surface area contributed by atoms with Gasteiger partial charge >= 0.3 is 11.9 Å². The Labute approximate surface area is 117 Å². The van der Waals surface area contributed by atoms with E-state index in [9.17, 15) is 9.59 Å². The second-order valence-electron chi connectivity index (χ2n) is 6.33. The van der Waals surface area contributed by atoms with Crippen molar-refractivity contribution in [1.29, 1.82) is 0 Å². The number of rotatable bonds is 2. The first kappa shape index (κ1) is 12.2. The maximum Gasteiger partial charge on any atom is 0.309 e. The number of carbonyl (C=O) groups excluding carboxylic acids is 2. The lowest BCUT2D eigenvalue weighted by molar-refractivity contribution is -0.148. The van der Waals surface area contributed by atoms with Crippen molar-refractivity contribution in [3.8, 4) is 0 Å². The van der Waals surface area contributed by atoms with E-state index in [4.69, 9.17) is 9.47 Å². The molecule has 0 radical (unpaired) electrons. The molecule has 0 heterocycles. The zero-order valence-electron chi connectivity index (χ0n) is 11.6. The van der Waals surface area contributed by atoms with Gasteiger partial charge in [0.15, 0.2) is 0 Å². The van der Waals surface area contributed by atoms with Crippen LogP contribution in [0, 0.1) is 47.3 Å². The highest BCUT2D eigenvalue weighted by Gasteiger charge is 2.67. The number of esters is 2. The molecule has 0 aromatic heterocycles. The van der Waals surface area contributed by atoms with E-state index in [1.54, 1.807) is 0 Å². The van der Waals surface area contributed by atoms with Crippen LogP contribution in [0.5, 0.6) is 0 Å². The molecular formula is C16H18O4. The van der Waals surface area contributed by atoms with Crippen molar-refractivity contribution in [3.63, 3.8) is 0 Å². The summed E-state index contributed by atoms with van der Waals surface area (Å²) in [5.74, 6) is 1.33. The Bertz CT molecular complexity index is 459. The molecule has 2 saturated carbocycles. The molecule has 106 valence electrons. The van der Waals surface area contributed by atoms with Gasteiger partial charge in [-0.25, -0.2) is 0 Å². The Morgan fingerprint density at radius 2 is 1.00 bits per heavy atom. The molecule has 0 N–H and O–H groups in total. The van der Waals surface area contributed by atoms with Crippen LogP contribution in [0.25, 0.3) is 0 Å². The summed E-state index contributed by atoms with van der Waals surface area (Å²) in [4.78, 5) is 24.2. The van der Waals surface area contributed by atoms with Crippen molar-refractivity contribution >= 4 is 11.9 Å². The van der Waals surface area contributed by atoms with E-state index < -0.39 is 0 Å². The van der Waals surface area contributed by atoms with Crippen LogP contribution in [0.1, 0.15) is 0 Å². The van der Waals surface area contributed by atoms with Crippen molar-refractivity contribution in [3.05, 3.63) is 24.3 Å². The summed E-state index contributed by atoms with van der Waals surface area (Å²) < 4.78 is 10.00. The summed E-state index contributed by atoms with van der Waals surface area (Å²) in [6.45, 7) is 0. The van der Waals surface area contributed by atoms with E-state index in [-0.39, 0.29) is 47.4 Å². The number of carbonyl (C=O) groups is 2. The van der Waals surface area contributed by atoms with Crippen molar-refractivity contribution in [1.82, 2.24) is 0 Å². The maximum atomic E-state index is 12.1. The van der Waals surface area contributed by atoms with Gasteiger partial charge in [0, 0.05) is 0 Å². The molecule has 0 spiro atoms. The molecule has 4 aliphatic carbocycles. The first-order valence-electron chi connectivity index (χ1n) is 7.21. The summed E-state index contributed by atoms with van der Waals surface area (Å²) in [6.07, 6.45) is 8.54. The van der Waals surface area contributed by atoms with Crippen LogP contribution in [0.15, 0.2) is 24.3 Å². The second-order valence-corrected chi connectivity index (χ2v) is 6.33. The maximum absolute atomic E-state index is 12.1. The van der Waals surface area contributed by atoms with Crippen molar-refractivity contribution in [2.75, 3.05) is 14.2 Å². The Kier molecular flexibility index (Phi) is 2.41. The van der Waals surface area contributed by atoms with Crippen LogP contribution in [0.2, 0.25) is 0 Å². The van der Waals surface area contributed by atoms with Crippen molar-refractivity contribution in [2.45, 2.75) is 0 Å². The van der Waals surface area contributed by atoms with Crippen LogP contribution >= 0.6 is 0 Å². The van der Waals surface area contributed by atoms with E-state index >= 15 is 0 Å². The fourth-order valence-electron chi connectivity index (χ4n) is 5.42. The van der Waals surface area contributed by atoms with Gasteiger partial charge in [-0.05, 0) is 35.5 Å². The van der Waals surface area contributed by atoms with Crippen molar-refractivity contribution in [2.24, 2.45) is 47.3 Å². The van der Waals surface area contributed by atoms with E-state index in [0.717, 1.165) is 0 Å². The van der Waals surface area contributed by atoms with Crippen LogP contribution in [-0.2, 0) is 19.1 Å². The van der Waals surface area contributed by atoms with Gasteiger partial charge in [0.25, 0.3) is 0 Å². The smallest absolute Gasteiger partial charge is 0.309 e. The average Bonchev–Trinajstić information content (AvgIpc) is 3.15. The third kappa shape index (κ3) is 1.23. The number of hydrogen-bond acceptors (Lipinski definition) is 4. The molecule has 0 aromatic rings. The molecule has 0 bridgehead atoms. The molecule has 4 atom stereocenters. The van der Waals surface area contributed by atoms with Crippen LogP contribution in [0.4, 0.5) is 0 Å². The third-order valence-corrected chi connectivity index (χ3v) is 5.94.